The van der Waals surface area contributed by atoms with Gasteiger partial charge in [0.1, 0.15) is 5.75 Å². The summed E-state index contributed by atoms with van der Waals surface area (Å²) >= 11 is 6.81. The van der Waals surface area contributed by atoms with E-state index < -0.39 is 0 Å². The highest BCUT2D eigenvalue weighted by Crippen LogP contribution is 2.32. The fourth-order valence-corrected chi connectivity index (χ4v) is 2.47. The summed E-state index contributed by atoms with van der Waals surface area (Å²) in [5.41, 5.74) is 0. The molecule has 0 bridgehead atoms. The van der Waals surface area contributed by atoms with Crippen LogP contribution in [0, 0.1) is 0 Å². The molecule has 5 heteroatoms. The van der Waals surface area contributed by atoms with Gasteiger partial charge in [0.25, 0.3) is 0 Å². The third kappa shape index (κ3) is 5.08. The molecule has 1 rings (SSSR count). The molecule has 1 aromatic carbocycles. The minimum Gasteiger partial charge on any atom is -0.491 e. The van der Waals surface area contributed by atoms with Crippen molar-refractivity contribution in [1.82, 2.24) is 0 Å². The summed E-state index contributed by atoms with van der Waals surface area (Å²) in [6.45, 7) is 2.71. The Morgan fingerprint density at radius 3 is 2.53 bits per heavy atom. The van der Waals surface area contributed by atoms with Crippen LogP contribution in [0.1, 0.15) is 19.8 Å². The van der Waals surface area contributed by atoms with Crippen LogP contribution in [0.5, 0.6) is 5.75 Å². The molecule has 0 amide bonds. The van der Waals surface area contributed by atoms with Crippen molar-refractivity contribution in [1.29, 1.82) is 0 Å². The van der Waals surface area contributed by atoms with Crippen LogP contribution in [0.15, 0.2) is 27.1 Å². The van der Waals surface area contributed by atoms with E-state index in [1.807, 2.05) is 18.2 Å². The molecule has 17 heavy (non-hydrogen) atoms. The van der Waals surface area contributed by atoms with Crippen LogP contribution in [0.4, 0.5) is 0 Å². The first-order valence-corrected chi connectivity index (χ1v) is 6.96. The molecule has 0 aliphatic rings. The lowest BCUT2D eigenvalue weighted by Crippen LogP contribution is -2.07. The first-order valence-electron chi connectivity index (χ1n) is 5.37. The van der Waals surface area contributed by atoms with Gasteiger partial charge in [0.15, 0.2) is 0 Å². The van der Waals surface area contributed by atoms with Crippen molar-refractivity contribution in [2.24, 2.45) is 0 Å². The second kappa shape index (κ2) is 7.71. The zero-order valence-corrected chi connectivity index (χ0v) is 12.7. The van der Waals surface area contributed by atoms with Crippen LogP contribution in [0.2, 0.25) is 0 Å². The van der Waals surface area contributed by atoms with Crippen molar-refractivity contribution in [3.8, 4) is 5.75 Å². The highest BCUT2D eigenvalue weighted by molar-refractivity contribution is 9.11. The van der Waals surface area contributed by atoms with Crippen LogP contribution in [0.3, 0.4) is 0 Å². The predicted molar refractivity (Wildman–Crippen MR) is 73.2 cm³/mol. The van der Waals surface area contributed by atoms with Crippen molar-refractivity contribution in [2.75, 3.05) is 13.2 Å². The number of hydrogen-bond donors (Lipinski definition) is 0. The zero-order valence-electron chi connectivity index (χ0n) is 9.54. The van der Waals surface area contributed by atoms with Gasteiger partial charge >= 0.3 is 5.97 Å². The van der Waals surface area contributed by atoms with E-state index in [1.165, 1.54) is 0 Å². The normalized spacial score (nSPS) is 10.1. The van der Waals surface area contributed by atoms with Crippen LogP contribution in [0.25, 0.3) is 0 Å². The first kappa shape index (κ1) is 14.5. The Morgan fingerprint density at radius 2 is 1.94 bits per heavy atom. The number of carbonyl (C=O) groups is 1. The molecule has 0 saturated heterocycles. The summed E-state index contributed by atoms with van der Waals surface area (Å²) in [5, 5.41) is 0. The summed E-state index contributed by atoms with van der Waals surface area (Å²) in [6.07, 6.45) is 1.03. The van der Waals surface area contributed by atoms with E-state index in [0.29, 0.717) is 26.1 Å². The molecule has 0 fully saturated rings. The van der Waals surface area contributed by atoms with E-state index in [0.717, 1.165) is 14.7 Å². The lowest BCUT2D eigenvalue weighted by molar-refractivity contribution is -0.143. The van der Waals surface area contributed by atoms with Gasteiger partial charge in [0.2, 0.25) is 0 Å². The Kier molecular flexibility index (Phi) is 6.58. The van der Waals surface area contributed by atoms with Gasteiger partial charge in [-0.1, -0.05) is 6.07 Å². The molecule has 0 unspecified atom stereocenters. The topological polar surface area (TPSA) is 35.5 Å². The summed E-state index contributed by atoms with van der Waals surface area (Å²) in [7, 11) is 0. The number of ether oxygens (including phenoxy) is 2. The fraction of sp³-hybridized carbons (Fsp3) is 0.417. The van der Waals surface area contributed by atoms with Gasteiger partial charge in [-0.05, 0) is 57.3 Å². The SMILES string of the molecule is CCOC(=O)CCCOc1c(Br)cccc1Br. The van der Waals surface area contributed by atoms with E-state index in [-0.39, 0.29) is 5.97 Å². The molecule has 0 atom stereocenters. The van der Waals surface area contributed by atoms with Crippen molar-refractivity contribution in [3.63, 3.8) is 0 Å². The Labute approximate surface area is 118 Å². The lowest BCUT2D eigenvalue weighted by Gasteiger charge is -2.09. The van der Waals surface area contributed by atoms with E-state index in [4.69, 9.17) is 9.47 Å². The fourth-order valence-electron chi connectivity index (χ4n) is 1.24. The minimum absolute atomic E-state index is 0.178. The average molecular weight is 366 g/mol. The molecule has 94 valence electrons. The quantitative estimate of drug-likeness (QED) is 0.565. The van der Waals surface area contributed by atoms with Gasteiger partial charge in [-0.25, -0.2) is 0 Å². The third-order valence-electron chi connectivity index (χ3n) is 2.00. The molecular weight excluding hydrogens is 352 g/mol. The van der Waals surface area contributed by atoms with E-state index in [1.54, 1.807) is 6.92 Å². The Morgan fingerprint density at radius 1 is 1.29 bits per heavy atom. The summed E-state index contributed by atoms with van der Waals surface area (Å²) in [6, 6.07) is 5.73. The molecule has 0 heterocycles. The molecule has 1 aromatic rings. The monoisotopic (exact) mass is 364 g/mol. The van der Waals surface area contributed by atoms with E-state index in [2.05, 4.69) is 31.9 Å². The molecule has 0 N–H and O–H groups in total. The van der Waals surface area contributed by atoms with Crippen molar-refractivity contribution in [2.45, 2.75) is 19.8 Å². The second-order valence-corrected chi connectivity index (χ2v) is 5.02. The van der Waals surface area contributed by atoms with Gasteiger partial charge in [0, 0.05) is 6.42 Å². The molecule has 0 radical (unpaired) electrons. The number of benzene rings is 1. The number of halogens is 2. The van der Waals surface area contributed by atoms with Gasteiger partial charge in [-0.15, -0.1) is 0 Å². The Balaban J connectivity index is 2.34. The van der Waals surface area contributed by atoms with Gasteiger partial charge in [-0.2, -0.15) is 0 Å². The summed E-state index contributed by atoms with van der Waals surface area (Å²) < 4.78 is 12.2. The smallest absolute Gasteiger partial charge is 0.305 e. The maximum absolute atomic E-state index is 11.1. The maximum atomic E-state index is 11.1. The van der Waals surface area contributed by atoms with E-state index >= 15 is 0 Å². The van der Waals surface area contributed by atoms with Crippen LogP contribution < -0.4 is 4.74 Å². The zero-order chi connectivity index (χ0) is 12.7. The van der Waals surface area contributed by atoms with Crippen molar-refractivity contribution < 1.29 is 14.3 Å². The second-order valence-electron chi connectivity index (χ2n) is 3.31. The summed E-state index contributed by atoms with van der Waals surface area (Å²) in [5.74, 6) is 0.582. The number of rotatable bonds is 6. The first-order chi connectivity index (χ1) is 8.15. The number of para-hydroxylation sites is 1. The van der Waals surface area contributed by atoms with E-state index in [9.17, 15) is 4.79 Å². The number of esters is 1. The van der Waals surface area contributed by atoms with Gasteiger partial charge < -0.3 is 9.47 Å². The molecule has 0 saturated carbocycles. The molecule has 0 spiro atoms. The third-order valence-corrected chi connectivity index (χ3v) is 3.24. The average Bonchev–Trinajstić information content (AvgIpc) is 2.28. The highest BCUT2D eigenvalue weighted by Gasteiger charge is 2.06. The molecule has 0 aliphatic heterocycles. The van der Waals surface area contributed by atoms with Gasteiger partial charge in [0.05, 0.1) is 22.2 Å². The molecule has 0 aromatic heterocycles. The van der Waals surface area contributed by atoms with Crippen LogP contribution in [-0.2, 0) is 9.53 Å². The number of hydrogen-bond acceptors (Lipinski definition) is 3. The minimum atomic E-state index is -0.178. The molecule has 3 nitrogen and oxygen atoms in total. The largest absolute Gasteiger partial charge is 0.491 e. The van der Waals surface area contributed by atoms with Crippen LogP contribution >= 0.6 is 31.9 Å². The number of carbonyl (C=O) groups excluding carboxylic acids is 1. The maximum Gasteiger partial charge on any atom is 0.305 e. The summed E-state index contributed by atoms with van der Waals surface area (Å²) in [4.78, 5) is 11.1. The highest BCUT2D eigenvalue weighted by atomic mass is 79.9. The predicted octanol–water partition coefficient (Wildman–Crippen LogP) is 3.93. The Hall–Kier alpha value is -0.550. The van der Waals surface area contributed by atoms with Crippen LogP contribution in [-0.4, -0.2) is 19.2 Å². The standard InChI is InChI=1S/C12H14Br2O3/c1-2-16-11(15)7-4-8-17-12-9(13)5-3-6-10(12)14/h3,5-6H,2,4,7-8H2,1H3. The Bertz CT molecular complexity index is 360. The van der Waals surface area contributed by atoms with Crippen molar-refractivity contribution >= 4 is 37.8 Å². The van der Waals surface area contributed by atoms with Crippen molar-refractivity contribution in [3.05, 3.63) is 27.1 Å². The van der Waals surface area contributed by atoms with Gasteiger partial charge in [-0.3, -0.25) is 4.79 Å². The lowest BCUT2D eigenvalue weighted by atomic mass is 10.3. The molecule has 0 aliphatic carbocycles. The molecular formula is C12H14Br2O3.